The molecular formula is C30H39FN6O5. The normalized spacial score (nSPS) is 12.9. The van der Waals surface area contributed by atoms with Crippen LogP contribution in [-0.4, -0.2) is 75.9 Å². The third-order valence-corrected chi connectivity index (χ3v) is 6.95. The number of nitrogen functional groups attached to an aromatic ring is 1. The lowest BCUT2D eigenvalue weighted by atomic mass is 10.0. The number of aromatic nitrogens is 1. The highest BCUT2D eigenvalue weighted by molar-refractivity contribution is 6.00. The summed E-state index contributed by atoms with van der Waals surface area (Å²) in [6.07, 6.45) is -1.82. The third kappa shape index (κ3) is 6.55. The molecule has 0 amide bonds. The minimum Gasteiger partial charge on any atom is -0.504 e. The molecule has 1 aromatic heterocycles. The van der Waals surface area contributed by atoms with Crippen LogP contribution in [0.1, 0.15) is 44.4 Å². The van der Waals surface area contributed by atoms with Crippen molar-refractivity contribution in [2.75, 3.05) is 32.1 Å². The number of aliphatic hydroxyl groups excluding tert-OH is 1. The topological polar surface area (TPSA) is 161 Å². The van der Waals surface area contributed by atoms with Gasteiger partial charge in [-0.25, -0.2) is 0 Å². The van der Waals surface area contributed by atoms with Crippen LogP contribution >= 0.6 is 0 Å². The van der Waals surface area contributed by atoms with Crippen molar-refractivity contribution < 1.29 is 29.2 Å². The van der Waals surface area contributed by atoms with Crippen molar-refractivity contribution >= 4 is 17.4 Å². The Hall–Kier alpha value is -4.42. The number of aliphatic hydroxyl groups is 2. The zero-order chi connectivity index (χ0) is 31.4. The van der Waals surface area contributed by atoms with E-state index in [9.17, 15) is 15.3 Å². The fourth-order valence-corrected chi connectivity index (χ4v) is 4.14. The van der Waals surface area contributed by atoms with E-state index in [0.29, 0.717) is 12.3 Å². The first-order valence-corrected chi connectivity index (χ1v) is 13.5. The second kappa shape index (κ2) is 13.0. The summed E-state index contributed by atoms with van der Waals surface area (Å²) in [5, 5.41) is 38.0. The number of ether oxygens (including phenoxy) is 2. The van der Waals surface area contributed by atoms with Gasteiger partial charge in [0.25, 0.3) is 5.88 Å². The van der Waals surface area contributed by atoms with E-state index in [1.165, 1.54) is 44.0 Å². The number of aromatic hydroxyl groups is 1. The first-order valence-electron chi connectivity index (χ1n) is 13.5. The minimum atomic E-state index is -1.82. The van der Waals surface area contributed by atoms with Gasteiger partial charge in [-0.2, -0.15) is 9.37 Å². The van der Waals surface area contributed by atoms with Gasteiger partial charge in [-0.15, -0.1) is 0 Å². The fourth-order valence-electron chi connectivity index (χ4n) is 4.14. The Bertz CT molecular complexity index is 1480. The number of pyridine rings is 1. The van der Waals surface area contributed by atoms with Gasteiger partial charge in [0.2, 0.25) is 11.7 Å². The van der Waals surface area contributed by atoms with E-state index in [1.54, 1.807) is 25.1 Å². The molecule has 12 heteroatoms. The van der Waals surface area contributed by atoms with Crippen LogP contribution in [0.3, 0.4) is 0 Å². The Labute approximate surface area is 245 Å². The van der Waals surface area contributed by atoms with Crippen molar-refractivity contribution in [3.8, 4) is 29.0 Å². The lowest BCUT2D eigenvalue weighted by molar-refractivity contribution is -0.0860. The van der Waals surface area contributed by atoms with Gasteiger partial charge in [0.05, 0.1) is 17.8 Å². The van der Waals surface area contributed by atoms with Crippen LogP contribution in [0.4, 0.5) is 10.1 Å². The SMILES string of the molecule is CC.Cc1c(Oc2cccc(C3=NCCN3C)c2)nc(Oc2cc(C(=N)N)ccc2O)c(F)c1N(C)C(C)(C)C(O)O. The highest BCUT2D eigenvalue weighted by atomic mass is 19.1. The van der Waals surface area contributed by atoms with E-state index >= 15 is 4.39 Å². The van der Waals surface area contributed by atoms with Crippen molar-refractivity contribution in [2.24, 2.45) is 10.7 Å². The molecule has 0 atom stereocenters. The molecule has 6 N–H and O–H groups in total. The summed E-state index contributed by atoms with van der Waals surface area (Å²) < 4.78 is 27.9. The zero-order valence-corrected chi connectivity index (χ0v) is 24.9. The lowest BCUT2D eigenvalue weighted by Crippen LogP contribution is -2.51. The number of nitrogens with zero attached hydrogens (tertiary/aromatic N) is 4. The van der Waals surface area contributed by atoms with Crippen LogP contribution in [0, 0.1) is 18.2 Å². The molecule has 0 saturated carbocycles. The molecule has 0 radical (unpaired) electrons. The number of phenolic OH excluding ortho intramolecular Hbond substituents is 1. The van der Waals surface area contributed by atoms with Gasteiger partial charge in [-0.1, -0.05) is 26.0 Å². The molecule has 3 aromatic rings. The number of hydrogen-bond acceptors (Lipinski definition) is 10. The van der Waals surface area contributed by atoms with E-state index in [0.717, 1.165) is 17.9 Å². The number of anilines is 1. The number of nitrogens with two attached hydrogens (primary N) is 1. The molecule has 11 nitrogen and oxygen atoms in total. The third-order valence-electron chi connectivity index (χ3n) is 6.95. The maximum absolute atomic E-state index is 16.1. The van der Waals surface area contributed by atoms with Gasteiger partial charge in [-0.05, 0) is 51.1 Å². The summed E-state index contributed by atoms with van der Waals surface area (Å²) in [7, 11) is 3.45. The number of benzene rings is 2. The predicted octanol–water partition coefficient (Wildman–Crippen LogP) is 4.35. The molecule has 0 spiro atoms. The number of hydrogen-bond donors (Lipinski definition) is 5. The monoisotopic (exact) mass is 582 g/mol. The van der Waals surface area contributed by atoms with Crippen molar-refractivity contribution in [3.05, 3.63) is 65.0 Å². The first-order chi connectivity index (χ1) is 19.8. The predicted molar refractivity (Wildman–Crippen MR) is 161 cm³/mol. The molecule has 42 heavy (non-hydrogen) atoms. The van der Waals surface area contributed by atoms with E-state index < -0.39 is 23.5 Å². The van der Waals surface area contributed by atoms with E-state index in [1.807, 2.05) is 31.9 Å². The minimum absolute atomic E-state index is 0.0115. The molecule has 1 aliphatic rings. The number of aliphatic imine (C=N–C) groups is 1. The smallest absolute Gasteiger partial charge is 0.261 e. The largest absolute Gasteiger partial charge is 0.504 e. The Morgan fingerprint density at radius 2 is 1.83 bits per heavy atom. The molecule has 0 saturated heterocycles. The summed E-state index contributed by atoms with van der Waals surface area (Å²) in [6.45, 7) is 10.1. The second-order valence-corrected chi connectivity index (χ2v) is 10.1. The Morgan fingerprint density at radius 3 is 2.43 bits per heavy atom. The summed E-state index contributed by atoms with van der Waals surface area (Å²) in [4.78, 5) is 12.2. The number of rotatable bonds is 9. The highest BCUT2D eigenvalue weighted by Crippen LogP contribution is 2.42. The summed E-state index contributed by atoms with van der Waals surface area (Å²) in [5.74, 6) is -1.05. The number of amidine groups is 2. The van der Waals surface area contributed by atoms with Gasteiger partial charge in [0, 0.05) is 37.3 Å². The molecule has 0 unspecified atom stereocenters. The molecule has 0 bridgehead atoms. The highest BCUT2D eigenvalue weighted by Gasteiger charge is 2.36. The number of phenols is 1. The lowest BCUT2D eigenvalue weighted by Gasteiger charge is -2.39. The number of likely N-dealkylation sites (N-methyl/N-ethyl adjacent to an activating group) is 2. The van der Waals surface area contributed by atoms with Crippen molar-refractivity contribution in [1.29, 1.82) is 5.41 Å². The quantitative estimate of drug-likeness (QED) is 0.140. The molecule has 2 aromatic carbocycles. The van der Waals surface area contributed by atoms with Gasteiger partial charge in [0.15, 0.2) is 17.8 Å². The van der Waals surface area contributed by atoms with Gasteiger partial charge in [-0.3, -0.25) is 10.4 Å². The van der Waals surface area contributed by atoms with Crippen molar-refractivity contribution in [3.63, 3.8) is 0 Å². The van der Waals surface area contributed by atoms with Gasteiger partial charge >= 0.3 is 0 Å². The van der Waals surface area contributed by atoms with Crippen LogP contribution in [0.25, 0.3) is 0 Å². The number of nitrogens with one attached hydrogen (secondary N) is 1. The molecule has 226 valence electrons. The van der Waals surface area contributed by atoms with E-state index in [4.69, 9.17) is 20.6 Å². The van der Waals surface area contributed by atoms with E-state index in [-0.39, 0.29) is 40.0 Å². The summed E-state index contributed by atoms with van der Waals surface area (Å²) in [6, 6.07) is 11.2. The zero-order valence-electron chi connectivity index (χ0n) is 24.9. The Kier molecular flexibility index (Phi) is 9.97. The average molecular weight is 583 g/mol. The average Bonchev–Trinajstić information content (AvgIpc) is 3.39. The first kappa shape index (κ1) is 32.1. The number of halogens is 1. The van der Waals surface area contributed by atoms with Crippen LogP contribution < -0.4 is 20.1 Å². The second-order valence-electron chi connectivity index (χ2n) is 10.1. The molecule has 0 fully saturated rings. The Morgan fingerprint density at radius 1 is 1.14 bits per heavy atom. The van der Waals surface area contributed by atoms with Crippen LogP contribution in [-0.2, 0) is 0 Å². The molecule has 4 rings (SSSR count). The van der Waals surface area contributed by atoms with Crippen molar-refractivity contribution in [2.45, 2.75) is 46.4 Å². The fraction of sp³-hybridized carbons (Fsp3) is 0.367. The maximum atomic E-state index is 16.1. The summed E-state index contributed by atoms with van der Waals surface area (Å²) >= 11 is 0. The van der Waals surface area contributed by atoms with E-state index in [2.05, 4.69) is 9.98 Å². The van der Waals surface area contributed by atoms with Crippen LogP contribution in [0.5, 0.6) is 29.0 Å². The van der Waals surface area contributed by atoms with Gasteiger partial charge in [0.1, 0.15) is 17.4 Å². The molecule has 2 heterocycles. The summed E-state index contributed by atoms with van der Waals surface area (Å²) in [5.41, 5.74) is 5.52. The van der Waals surface area contributed by atoms with Crippen molar-refractivity contribution in [1.82, 2.24) is 9.88 Å². The van der Waals surface area contributed by atoms with Gasteiger partial charge < -0.3 is 40.3 Å². The standard InChI is InChI=1S/C28H33FN6O5.C2H6/c1-15-22(35(5)28(2,3)27(37)38)21(29)26(40-20-14-16(23(30)31)9-10-19(20)36)33-25(15)39-18-8-6-7-17(13-18)24-32-11-12-34(24)4;1-2/h6-10,13-14,27,36-38H,11-12H2,1-5H3,(H3,30,31);1-2H3. The molecular weight excluding hydrogens is 543 g/mol. The van der Waals surface area contributed by atoms with Crippen LogP contribution in [0.2, 0.25) is 0 Å². The molecule has 1 aliphatic heterocycles. The molecule has 0 aliphatic carbocycles. The van der Waals surface area contributed by atoms with Crippen LogP contribution in [0.15, 0.2) is 47.5 Å². The Balaban J connectivity index is 0.00000237. The maximum Gasteiger partial charge on any atom is 0.261 e.